The average Bonchev–Trinajstić information content (AvgIpc) is 3.18. The normalized spacial score (nSPS) is 10.8. The third-order valence-electron chi connectivity index (χ3n) is 4.36. The van der Waals surface area contributed by atoms with Crippen LogP contribution in [0, 0.1) is 5.92 Å². The highest BCUT2D eigenvalue weighted by molar-refractivity contribution is 7.18. The zero-order chi connectivity index (χ0) is 22.2. The summed E-state index contributed by atoms with van der Waals surface area (Å²) in [6, 6.07) is 14.5. The molecule has 0 unspecified atom stereocenters. The largest absolute Gasteiger partial charge is 0.456 e. The highest BCUT2D eigenvalue weighted by Gasteiger charge is 2.15. The number of hydrogen-bond donors (Lipinski definition) is 2. The van der Waals surface area contributed by atoms with Crippen molar-refractivity contribution < 1.29 is 19.1 Å². The first-order valence-electron chi connectivity index (χ1n) is 10.1. The summed E-state index contributed by atoms with van der Waals surface area (Å²) in [6.45, 7) is 4.12. The molecule has 1 heterocycles. The predicted octanol–water partition coefficient (Wildman–Crippen LogP) is 3.80. The topological polar surface area (TPSA) is 97.4 Å². The number of fused-ring (bicyclic) bond motifs is 1. The summed E-state index contributed by atoms with van der Waals surface area (Å²) in [5.41, 5.74) is 1.64. The summed E-state index contributed by atoms with van der Waals surface area (Å²) >= 11 is 1.54. The fourth-order valence-electron chi connectivity index (χ4n) is 2.82. The van der Waals surface area contributed by atoms with E-state index in [9.17, 15) is 14.4 Å². The quantitative estimate of drug-likeness (QED) is 0.494. The van der Waals surface area contributed by atoms with E-state index < -0.39 is 18.5 Å². The molecule has 2 aromatic carbocycles. The van der Waals surface area contributed by atoms with Crippen LogP contribution in [0.2, 0.25) is 0 Å². The van der Waals surface area contributed by atoms with E-state index >= 15 is 0 Å². The number of anilines is 1. The van der Waals surface area contributed by atoms with E-state index in [4.69, 9.17) is 4.74 Å². The second kappa shape index (κ2) is 10.7. The van der Waals surface area contributed by atoms with Crippen LogP contribution in [-0.4, -0.2) is 35.9 Å². The van der Waals surface area contributed by atoms with Gasteiger partial charge in [-0.15, -0.1) is 11.3 Å². The molecule has 2 amide bonds. The van der Waals surface area contributed by atoms with Crippen molar-refractivity contribution in [2.75, 3.05) is 18.5 Å². The van der Waals surface area contributed by atoms with Gasteiger partial charge in [-0.1, -0.05) is 38.1 Å². The Balaban J connectivity index is 1.47. The van der Waals surface area contributed by atoms with Crippen LogP contribution in [0.4, 0.5) is 5.69 Å². The van der Waals surface area contributed by atoms with Crippen molar-refractivity contribution in [1.82, 2.24) is 10.3 Å². The number of carbonyl (C=O) groups excluding carboxylic acids is 3. The number of carbonyl (C=O) groups is 3. The van der Waals surface area contributed by atoms with Crippen LogP contribution in [0.3, 0.4) is 0 Å². The minimum Gasteiger partial charge on any atom is -0.456 e. The molecule has 0 saturated carbocycles. The number of nitrogens with one attached hydrogen (secondary N) is 2. The molecule has 0 spiro atoms. The van der Waals surface area contributed by atoms with Crippen LogP contribution < -0.4 is 10.6 Å². The van der Waals surface area contributed by atoms with Gasteiger partial charge in [0.15, 0.2) is 6.61 Å². The molecule has 0 aliphatic carbocycles. The highest BCUT2D eigenvalue weighted by atomic mass is 32.1. The number of esters is 1. The van der Waals surface area contributed by atoms with Gasteiger partial charge < -0.3 is 15.4 Å². The van der Waals surface area contributed by atoms with Crippen molar-refractivity contribution in [3.8, 4) is 0 Å². The fraction of sp³-hybridized carbons (Fsp3) is 0.304. The van der Waals surface area contributed by atoms with E-state index in [1.807, 2.05) is 38.1 Å². The zero-order valence-electron chi connectivity index (χ0n) is 17.5. The molecule has 0 aliphatic rings. The second-order valence-electron chi connectivity index (χ2n) is 7.43. The first kappa shape index (κ1) is 22.4. The van der Waals surface area contributed by atoms with E-state index in [1.54, 1.807) is 24.3 Å². The van der Waals surface area contributed by atoms with E-state index in [2.05, 4.69) is 15.6 Å². The van der Waals surface area contributed by atoms with Crippen molar-refractivity contribution in [3.05, 3.63) is 59.1 Å². The van der Waals surface area contributed by atoms with E-state index in [1.165, 1.54) is 11.3 Å². The lowest BCUT2D eigenvalue weighted by atomic mass is 10.1. The van der Waals surface area contributed by atoms with Crippen LogP contribution in [0.15, 0.2) is 48.5 Å². The average molecular weight is 440 g/mol. The lowest BCUT2D eigenvalue weighted by Crippen LogP contribution is -2.29. The van der Waals surface area contributed by atoms with Crippen LogP contribution in [0.1, 0.15) is 35.6 Å². The number of ether oxygens (including phenoxy) is 1. The molecule has 0 aliphatic heterocycles. The number of hydrogen-bond acceptors (Lipinski definition) is 6. The molecule has 0 atom stereocenters. The minimum atomic E-state index is -0.502. The van der Waals surface area contributed by atoms with Gasteiger partial charge in [0.2, 0.25) is 0 Å². The van der Waals surface area contributed by atoms with Crippen molar-refractivity contribution >= 4 is 45.0 Å². The summed E-state index contributed by atoms with van der Waals surface area (Å²) in [4.78, 5) is 41.1. The van der Waals surface area contributed by atoms with E-state index in [0.717, 1.165) is 15.2 Å². The molecule has 3 aromatic rings. The van der Waals surface area contributed by atoms with Gasteiger partial charge in [-0.3, -0.25) is 14.4 Å². The van der Waals surface area contributed by atoms with Crippen LogP contribution in [0.5, 0.6) is 0 Å². The molecule has 7 nitrogen and oxygen atoms in total. The monoisotopic (exact) mass is 439 g/mol. The summed E-state index contributed by atoms with van der Waals surface area (Å²) in [5.74, 6) is -0.930. The van der Waals surface area contributed by atoms with Gasteiger partial charge in [-0.05, 0) is 30.2 Å². The molecule has 8 heteroatoms. The molecule has 0 bridgehead atoms. The van der Waals surface area contributed by atoms with E-state index in [-0.39, 0.29) is 12.3 Å². The van der Waals surface area contributed by atoms with Crippen molar-refractivity contribution in [1.29, 1.82) is 0 Å². The molecule has 0 radical (unpaired) electrons. The number of rotatable bonds is 9. The Morgan fingerprint density at radius 2 is 1.81 bits per heavy atom. The third-order valence-corrected chi connectivity index (χ3v) is 5.46. The van der Waals surface area contributed by atoms with Gasteiger partial charge in [0, 0.05) is 13.0 Å². The molecule has 0 fully saturated rings. The Morgan fingerprint density at radius 3 is 2.58 bits per heavy atom. The smallest absolute Gasteiger partial charge is 0.306 e. The summed E-state index contributed by atoms with van der Waals surface area (Å²) < 4.78 is 6.15. The van der Waals surface area contributed by atoms with Crippen molar-refractivity contribution in [2.45, 2.75) is 26.7 Å². The predicted molar refractivity (Wildman–Crippen MR) is 121 cm³/mol. The highest BCUT2D eigenvalue weighted by Crippen LogP contribution is 2.22. The number of aromatic nitrogens is 1. The zero-order valence-corrected chi connectivity index (χ0v) is 18.3. The molecular formula is C23H25N3O4S. The number of para-hydroxylation sites is 2. The number of nitrogens with zero attached hydrogens (tertiary/aromatic N) is 1. The molecule has 162 valence electrons. The van der Waals surface area contributed by atoms with Crippen LogP contribution >= 0.6 is 11.3 Å². The van der Waals surface area contributed by atoms with Gasteiger partial charge in [-0.25, -0.2) is 4.98 Å². The minimum absolute atomic E-state index is 0.140. The summed E-state index contributed by atoms with van der Waals surface area (Å²) in [7, 11) is 0. The van der Waals surface area contributed by atoms with Gasteiger partial charge in [0.25, 0.3) is 11.8 Å². The molecule has 3 rings (SSSR count). The summed E-state index contributed by atoms with van der Waals surface area (Å²) in [5, 5.41) is 6.31. The molecular weight excluding hydrogens is 414 g/mol. The lowest BCUT2D eigenvalue weighted by molar-refractivity contribution is -0.147. The maximum Gasteiger partial charge on any atom is 0.306 e. The van der Waals surface area contributed by atoms with Crippen LogP contribution in [0.25, 0.3) is 10.2 Å². The van der Waals surface area contributed by atoms with Gasteiger partial charge in [-0.2, -0.15) is 0 Å². The Morgan fingerprint density at radius 1 is 1.06 bits per heavy atom. The molecule has 0 saturated heterocycles. The van der Waals surface area contributed by atoms with E-state index in [0.29, 0.717) is 30.1 Å². The van der Waals surface area contributed by atoms with Gasteiger partial charge >= 0.3 is 5.97 Å². The first-order valence-corrected chi connectivity index (χ1v) is 10.9. The maximum absolute atomic E-state index is 12.3. The summed E-state index contributed by atoms with van der Waals surface area (Å²) in [6.07, 6.45) is 0.597. The molecule has 1 aromatic heterocycles. The first-order chi connectivity index (χ1) is 14.9. The SMILES string of the molecule is CC(C)CNC(=O)c1ccccc1NC(=O)COC(=O)CCc1nc2ccccc2s1. The van der Waals surface area contributed by atoms with Gasteiger partial charge in [0.1, 0.15) is 0 Å². The Labute approximate surface area is 184 Å². The maximum atomic E-state index is 12.3. The van der Waals surface area contributed by atoms with Crippen LogP contribution in [-0.2, 0) is 20.7 Å². The number of amides is 2. The Hall–Kier alpha value is -3.26. The second-order valence-corrected chi connectivity index (χ2v) is 8.55. The Bertz CT molecular complexity index is 1040. The van der Waals surface area contributed by atoms with Gasteiger partial charge in [0.05, 0.1) is 32.9 Å². The number of thiazole rings is 1. The molecule has 2 N–H and O–H groups in total. The number of benzene rings is 2. The Kier molecular flexibility index (Phi) is 7.72. The van der Waals surface area contributed by atoms with Crippen molar-refractivity contribution in [3.63, 3.8) is 0 Å². The standard InChI is InChI=1S/C23H25N3O4S/c1-15(2)13-24-23(29)16-7-3-4-8-17(16)25-20(27)14-30-22(28)12-11-21-26-18-9-5-6-10-19(18)31-21/h3-10,15H,11-14H2,1-2H3,(H,24,29)(H,25,27). The number of aryl methyl sites for hydroxylation is 1. The third kappa shape index (κ3) is 6.62. The molecule has 31 heavy (non-hydrogen) atoms. The fourth-order valence-corrected chi connectivity index (χ4v) is 3.79. The lowest BCUT2D eigenvalue weighted by Gasteiger charge is -2.12. The van der Waals surface area contributed by atoms with Crippen molar-refractivity contribution in [2.24, 2.45) is 5.92 Å².